The second kappa shape index (κ2) is 8.28. The molecule has 0 bridgehead atoms. The summed E-state index contributed by atoms with van der Waals surface area (Å²) in [6.45, 7) is 10.1. The van der Waals surface area contributed by atoms with Crippen molar-refractivity contribution in [2.24, 2.45) is 0 Å². The first-order valence-corrected chi connectivity index (χ1v) is 7.57. The molecular weight excluding hydrogens is 250 g/mol. The topological polar surface area (TPSA) is 41.5 Å². The van der Waals surface area contributed by atoms with Gasteiger partial charge in [-0.3, -0.25) is 0 Å². The van der Waals surface area contributed by atoms with E-state index in [-0.39, 0.29) is 12.1 Å². The lowest BCUT2D eigenvalue weighted by Gasteiger charge is -2.28. The van der Waals surface area contributed by atoms with Crippen LogP contribution in [-0.2, 0) is 0 Å². The summed E-state index contributed by atoms with van der Waals surface area (Å²) in [6.07, 6.45) is 3.03. The van der Waals surface area contributed by atoms with Gasteiger partial charge in [0.15, 0.2) is 0 Å². The lowest BCUT2D eigenvalue weighted by atomic mass is 9.96. The molecule has 0 aliphatic heterocycles. The highest BCUT2D eigenvalue weighted by molar-refractivity contribution is 5.39. The van der Waals surface area contributed by atoms with Crippen molar-refractivity contribution in [3.8, 4) is 5.75 Å². The van der Waals surface area contributed by atoms with Crippen LogP contribution in [0.3, 0.4) is 0 Å². The zero-order valence-corrected chi connectivity index (χ0v) is 13.3. The molecule has 1 rings (SSSR count). The first-order valence-electron chi connectivity index (χ1n) is 7.57. The number of rotatable bonds is 9. The van der Waals surface area contributed by atoms with E-state index in [1.54, 1.807) is 0 Å². The molecule has 0 saturated heterocycles. The molecule has 0 aliphatic carbocycles. The largest absolute Gasteiger partial charge is 0.493 e. The molecule has 0 aliphatic rings. The number of unbranched alkanes of at least 4 members (excludes halogenated alkanes) is 1. The van der Waals surface area contributed by atoms with E-state index in [1.807, 2.05) is 0 Å². The molecular formula is C17H29NO2. The van der Waals surface area contributed by atoms with Crippen molar-refractivity contribution in [3.63, 3.8) is 0 Å². The maximum Gasteiger partial charge on any atom is 0.125 e. The van der Waals surface area contributed by atoms with Gasteiger partial charge in [0.1, 0.15) is 5.75 Å². The van der Waals surface area contributed by atoms with Crippen LogP contribution in [0.15, 0.2) is 18.2 Å². The second-order valence-electron chi connectivity index (χ2n) is 5.78. The third kappa shape index (κ3) is 5.14. The Morgan fingerprint density at radius 2 is 1.85 bits per heavy atom. The van der Waals surface area contributed by atoms with Gasteiger partial charge in [0.25, 0.3) is 0 Å². The lowest BCUT2D eigenvalue weighted by Crippen LogP contribution is -2.45. The quantitative estimate of drug-likeness (QED) is 0.682. The van der Waals surface area contributed by atoms with Crippen molar-refractivity contribution >= 4 is 0 Å². The molecule has 3 nitrogen and oxygen atoms in total. The van der Waals surface area contributed by atoms with Crippen LogP contribution < -0.4 is 10.1 Å². The molecule has 0 aromatic heterocycles. The Bertz CT molecular complexity index is 386. The van der Waals surface area contributed by atoms with E-state index < -0.39 is 0 Å². The predicted octanol–water partition coefficient (Wildman–Crippen LogP) is 3.21. The number of nitrogens with one attached hydrogen (secondary N) is 1. The maximum absolute atomic E-state index is 9.43. The number of aryl methyl sites for hydroxylation is 2. The Morgan fingerprint density at radius 1 is 1.20 bits per heavy atom. The molecule has 114 valence electrons. The Kier molecular flexibility index (Phi) is 7.03. The molecule has 0 saturated carbocycles. The molecule has 20 heavy (non-hydrogen) atoms. The van der Waals surface area contributed by atoms with E-state index in [1.165, 1.54) is 11.1 Å². The number of ether oxygens (including phenoxy) is 1. The molecule has 0 amide bonds. The van der Waals surface area contributed by atoms with E-state index in [2.05, 4.69) is 51.2 Å². The first-order chi connectivity index (χ1) is 9.52. The van der Waals surface area contributed by atoms with Crippen molar-refractivity contribution in [1.29, 1.82) is 0 Å². The van der Waals surface area contributed by atoms with Crippen LogP contribution in [0.1, 0.15) is 44.2 Å². The lowest BCUT2D eigenvalue weighted by molar-refractivity contribution is 0.162. The van der Waals surface area contributed by atoms with Gasteiger partial charge in [-0.1, -0.05) is 25.1 Å². The third-order valence-electron chi connectivity index (χ3n) is 3.73. The average Bonchev–Trinajstić information content (AvgIpc) is 2.41. The molecule has 1 aromatic rings. The molecule has 3 heteroatoms. The highest BCUT2D eigenvalue weighted by atomic mass is 16.5. The standard InChI is InChI=1S/C17H29NO2/c1-5-18-17(4,13-19)11-6-7-12-20-16-14(2)9-8-10-15(16)3/h8-10,18-19H,5-7,11-13H2,1-4H3. The Labute approximate surface area is 123 Å². The van der Waals surface area contributed by atoms with Gasteiger partial charge in [-0.25, -0.2) is 0 Å². The fraction of sp³-hybridized carbons (Fsp3) is 0.647. The molecule has 0 radical (unpaired) electrons. The van der Waals surface area contributed by atoms with Crippen LogP contribution in [0.2, 0.25) is 0 Å². The van der Waals surface area contributed by atoms with E-state index in [0.29, 0.717) is 0 Å². The van der Waals surface area contributed by atoms with Gasteiger partial charge in [-0.2, -0.15) is 0 Å². The molecule has 1 unspecified atom stereocenters. The highest BCUT2D eigenvalue weighted by Gasteiger charge is 2.20. The van der Waals surface area contributed by atoms with Crippen LogP contribution in [0.25, 0.3) is 0 Å². The summed E-state index contributed by atoms with van der Waals surface area (Å²) in [7, 11) is 0. The third-order valence-corrected chi connectivity index (χ3v) is 3.73. The molecule has 1 aromatic carbocycles. The van der Waals surface area contributed by atoms with Crippen LogP contribution >= 0.6 is 0 Å². The number of likely N-dealkylation sites (N-methyl/N-ethyl adjacent to an activating group) is 1. The van der Waals surface area contributed by atoms with Crippen molar-refractivity contribution in [3.05, 3.63) is 29.3 Å². The first kappa shape index (κ1) is 17.0. The van der Waals surface area contributed by atoms with Crippen molar-refractivity contribution < 1.29 is 9.84 Å². The summed E-state index contributed by atoms with van der Waals surface area (Å²) in [6, 6.07) is 6.22. The van der Waals surface area contributed by atoms with E-state index in [9.17, 15) is 5.11 Å². The van der Waals surface area contributed by atoms with Gasteiger partial charge in [0, 0.05) is 5.54 Å². The fourth-order valence-corrected chi connectivity index (χ4v) is 2.47. The van der Waals surface area contributed by atoms with Gasteiger partial charge >= 0.3 is 0 Å². The normalized spacial score (nSPS) is 14.1. The summed E-state index contributed by atoms with van der Waals surface area (Å²) < 4.78 is 5.89. The Balaban J connectivity index is 2.32. The Morgan fingerprint density at radius 3 is 2.40 bits per heavy atom. The number of aliphatic hydroxyl groups excluding tert-OH is 1. The minimum atomic E-state index is -0.159. The maximum atomic E-state index is 9.43. The monoisotopic (exact) mass is 279 g/mol. The van der Waals surface area contributed by atoms with Crippen molar-refractivity contribution in [1.82, 2.24) is 5.32 Å². The van der Waals surface area contributed by atoms with Gasteiger partial charge in [0.2, 0.25) is 0 Å². The SMILES string of the molecule is CCNC(C)(CO)CCCCOc1c(C)cccc1C. The minimum Gasteiger partial charge on any atom is -0.493 e. The van der Waals surface area contributed by atoms with Gasteiger partial charge < -0.3 is 15.2 Å². The zero-order chi connectivity index (χ0) is 15.0. The van der Waals surface area contributed by atoms with Crippen LogP contribution in [0.5, 0.6) is 5.75 Å². The summed E-state index contributed by atoms with van der Waals surface area (Å²) in [5, 5.41) is 12.8. The fourth-order valence-electron chi connectivity index (χ4n) is 2.47. The molecule has 0 spiro atoms. The van der Waals surface area contributed by atoms with Crippen molar-refractivity contribution in [2.75, 3.05) is 19.8 Å². The van der Waals surface area contributed by atoms with Crippen LogP contribution in [0.4, 0.5) is 0 Å². The minimum absolute atomic E-state index is 0.159. The van der Waals surface area contributed by atoms with E-state index >= 15 is 0 Å². The zero-order valence-electron chi connectivity index (χ0n) is 13.3. The van der Waals surface area contributed by atoms with Gasteiger partial charge in [-0.05, 0) is 57.7 Å². The van der Waals surface area contributed by atoms with E-state index in [0.717, 1.165) is 38.2 Å². The predicted molar refractivity (Wildman–Crippen MR) is 84.4 cm³/mol. The number of hydrogen-bond donors (Lipinski definition) is 2. The van der Waals surface area contributed by atoms with Crippen LogP contribution in [0, 0.1) is 13.8 Å². The van der Waals surface area contributed by atoms with Crippen molar-refractivity contribution in [2.45, 2.75) is 52.5 Å². The van der Waals surface area contributed by atoms with Gasteiger partial charge in [0.05, 0.1) is 13.2 Å². The number of aliphatic hydroxyl groups is 1. The van der Waals surface area contributed by atoms with Crippen LogP contribution in [-0.4, -0.2) is 30.4 Å². The summed E-state index contributed by atoms with van der Waals surface area (Å²) in [5.74, 6) is 1.02. The molecule has 1 atom stereocenters. The average molecular weight is 279 g/mol. The summed E-state index contributed by atoms with van der Waals surface area (Å²) >= 11 is 0. The number of hydrogen-bond acceptors (Lipinski definition) is 3. The molecule has 0 heterocycles. The number of benzene rings is 1. The highest BCUT2D eigenvalue weighted by Crippen LogP contribution is 2.22. The van der Waals surface area contributed by atoms with Gasteiger partial charge in [-0.15, -0.1) is 0 Å². The summed E-state index contributed by atoms with van der Waals surface area (Å²) in [5.41, 5.74) is 2.23. The second-order valence-corrected chi connectivity index (χ2v) is 5.78. The molecule has 2 N–H and O–H groups in total. The van der Waals surface area contributed by atoms with E-state index in [4.69, 9.17) is 4.74 Å². The number of para-hydroxylation sites is 1. The summed E-state index contributed by atoms with van der Waals surface area (Å²) in [4.78, 5) is 0. The Hall–Kier alpha value is -1.06. The molecule has 0 fully saturated rings. The smallest absolute Gasteiger partial charge is 0.125 e.